The summed E-state index contributed by atoms with van der Waals surface area (Å²) in [4.78, 5) is 19.2. The molecule has 1 aromatic rings. The first-order valence-electron chi connectivity index (χ1n) is 8.24. The summed E-state index contributed by atoms with van der Waals surface area (Å²) in [5, 5.41) is 0. The fourth-order valence-corrected chi connectivity index (χ4v) is 3.85. The van der Waals surface area contributed by atoms with Crippen LogP contribution in [0.5, 0.6) is 0 Å². The van der Waals surface area contributed by atoms with Gasteiger partial charge in [0.25, 0.3) is 0 Å². The molecule has 2 aliphatic rings. The van der Waals surface area contributed by atoms with Gasteiger partial charge in [-0.1, -0.05) is 19.8 Å². The minimum Gasteiger partial charge on any atom is -0.339 e. The van der Waals surface area contributed by atoms with E-state index in [1.165, 1.54) is 0 Å². The lowest BCUT2D eigenvalue weighted by Crippen LogP contribution is -2.55. The third-order valence-corrected chi connectivity index (χ3v) is 5.06. The van der Waals surface area contributed by atoms with Crippen molar-refractivity contribution in [1.29, 1.82) is 0 Å². The zero-order valence-electron chi connectivity index (χ0n) is 12.9. The van der Waals surface area contributed by atoms with E-state index in [-0.39, 0.29) is 5.91 Å². The van der Waals surface area contributed by atoms with E-state index in [2.05, 4.69) is 16.5 Å². The first-order valence-corrected chi connectivity index (χ1v) is 8.24. The van der Waals surface area contributed by atoms with Crippen molar-refractivity contribution in [2.24, 2.45) is 5.73 Å². The van der Waals surface area contributed by atoms with E-state index in [1.807, 2.05) is 17.3 Å². The minimum absolute atomic E-state index is 0.169. The average Bonchev–Trinajstić information content (AvgIpc) is 3.16. The predicted molar refractivity (Wildman–Crippen MR) is 81.8 cm³/mol. The lowest BCUT2D eigenvalue weighted by atomic mass is 9.95. The molecule has 5 nitrogen and oxygen atoms in total. The van der Waals surface area contributed by atoms with Gasteiger partial charge in [0.1, 0.15) is 5.82 Å². The monoisotopic (exact) mass is 290 g/mol. The number of aromatic nitrogens is 2. The number of aryl methyl sites for hydroxylation is 1. The Morgan fingerprint density at radius 1 is 1.43 bits per heavy atom. The number of nitrogens with zero attached hydrogens (tertiary/aromatic N) is 3. The van der Waals surface area contributed by atoms with Crippen LogP contribution in [0, 0.1) is 0 Å². The van der Waals surface area contributed by atoms with Gasteiger partial charge in [0.05, 0.1) is 11.6 Å². The normalized spacial score (nSPS) is 25.2. The van der Waals surface area contributed by atoms with Gasteiger partial charge >= 0.3 is 0 Å². The number of amides is 1. The predicted octanol–water partition coefficient (Wildman–Crippen LogP) is 1.88. The summed E-state index contributed by atoms with van der Waals surface area (Å²) >= 11 is 0. The number of hydrogen-bond acceptors (Lipinski definition) is 3. The Kier molecular flexibility index (Phi) is 4.02. The fourth-order valence-electron chi connectivity index (χ4n) is 3.85. The molecule has 0 aromatic carbocycles. The molecule has 3 rings (SSSR count). The van der Waals surface area contributed by atoms with Crippen LogP contribution in [0.25, 0.3) is 0 Å². The Morgan fingerprint density at radius 2 is 2.19 bits per heavy atom. The molecule has 2 N–H and O–H groups in total. The molecule has 1 saturated heterocycles. The van der Waals surface area contributed by atoms with Crippen LogP contribution < -0.4 is 5.73 Å². The van der Waals surface area contributed by atoms with Crippen molar-refractivity contribution in [3.05, 3.63) is 18.2 Å². The summed E-state index contributed by atoms with van der Waals surface area (Å²) in [5.41, 5.74) is 5.75. The van der Waals surface area contributed by atoms with E-state index in [1.54, 1.807) is 0 Å². The Labute approximate surface area is 126 Å². The third kappa shape index (κ3) is 2.71. The number of imidazole rings is 1. The van der Waals surface area contributed by atoms with Crippen LogP contribution in [0.15, 0.2) is 12.4 Å². The molecule has 5 heteroatoms. The molecule has 1 saturated carbocycles. The van der Waals surface area contributed by atoms with Gasteiger partial charge in [-0.05, 0) is 25.7 Å². The van der Waals surface area contributed by atoms with Crippen molar-refractivity contribution in [2.75, 3.05) is 13.1 Å². The highest BCUT2D eigenvalue weighted by atomic mass is 16.2. The molecule has 1 amide bonds. The van der Waals surface area contributed by atoms with E-state index < -0.39 is 5.54 Å². The molecule has 21 heavy (non-hydrogen) atoms. The van der Waals surface area contributed by atoms with E-state index >= 15 is 0 Å². The van der Waals surface area contributed by atoms with Gasteiger partial charge in [-0.2, -0.15) is 0 Å². The molecule has 116 valence electrons. The second kappa shape index (κ2) is 5.79. The van der Waals surface area contributed by atoms with Crippen molar-refractivity contribution >= 4 is 5.91 Å². The van der Waals surface area contributed by atoms with Crippen molar-refractivity contribution in [3.63, 3.8) is 0 Å². The quantitative estimate of drug-likeness (QED) is 0.924. The van der Waals surface area contributed by atoms with E-state index in [0.717, 1.165) is 63.9 Å². The summed E-state index contributed by atoms with van der Waals surface area (Å²) in [6, 6.07) is 0.352. The standard InChI is InChI=1S/C16H26N4O/c1-2-14-18-9-11-20(14)13-6-5-10-19(12-13)15(21)16(17)7-3-4-8-16/h9,11,13H,2-8,10,12,17H2,1H3. The van der Waals surface area contributed by atoms with Crippen LogP contribution in [0.1, 0.15) is 57.3 Å². The van der Waals surface area contributed by atoms with Crippen LogP contribution in [0.2, 0.25) is 0 Å². The van der Waals surface area contributed by atoms with Crippen molar-refractivity contribution in [3.8, 4) is 0 Å². The maximum absolute atomic E-state index is 12.8. The first kappa shape index (κ1) is 14.6. The maximum atomic E-state index is 12.8. The number of likely N-dealkylation sites (tertiary alicyclic amines) is 1. The Hall–Kier alpha value is -1.36. The molecule has 0 bridgehead atoms. The molecule has 2 fully saturated rings. The Morgan fingerprint density at radius 3 is 2.90 bits per heavy atom. The van der Waals surface area contributed by atoms with E-state index in [4.69, 9.17) is 5.73 Å². The molecule has 1 atom stereocenters. The van der Waals surface area contributed by atoms with Gasteiger partial charge in [0, 0.05) is 31.9 Å². The molecule has 2 heterocycles. The highest BCUT2D eigenvalue weighted by Gasteiger charge is 2.41. The molecular weight excluding hydrogens is 264 g/mol. The van der Waals surface area contributed by atoms with Crippen LogP contribution in [0.4, 0.5) is 0 Å². The molecule has 0 spiro atoms. The lowest BCUT2D eigenvalue weighted by Gasteiger charge is -2.38. The van der Waals surface area contributed by atoms with Crippen LogP contribution in [-0.2, 0) is 11.2 Å². The lowest BCUT2D eigenvalue weighted by molar-refractivity contribution is -0.138. The maximum Gasteiger partial charge on any atom is 0.242 e. The highest BCUT2D eigenvalue weighted by molar-refractivity contribution is 5.86. The number of piperidine rings is 1. The largest absolute Gasteiger partial charge is 0.339 e. The zero-order valence-corrected chi connectivity index (χ0v) is 12.9. The van der Waals surface area contributed by atoms with Crippen LogP contribution in [-0.4, -0.2) is 39.0 Å². The van der Waals surface area contributed by atoms with Gasteiger partial charge in [-0.3, -0.25) is 4.79 Å². The molecular formula is C16H26N4O. The molecule has 1 aromatic heterocycles. The van der Waals surface area contributed by atoms with E-state index in [0.29, 0.717) is 6.04 Å². The topological polar surface area (TPSA) is 64.2 Å². The summed E-state index contributed by atoms with van der Waals surface area (Å²) in [6.45, 7) is 3.75. The van der Waals surface area contributed by atoms with Gasteiger partial charge in [-0.15, -0.1) is 0 Å². The van der Waals surface area contributed by atoms with Crippen molar-refractivity contribution in [2.45, 2.75) is 63.5 Å². The molecule has 0 radical (unpaired) electrons. The van der Waals surface area contributed by atoms with Crippen molar-refractivity contribution in [1.82, 2.24) is 14.5 Å². The first-order chi connectivity index (χ1) is 10.1. The van der Waals surface area contributed by atoms with E-state index in [9.17, 15) is 4.79 Å². The van der Waals surface area contributed by atoms with Gasteiger partial charge in [-0.25, -0.2) is 4.98 Å². The van der Waals surface area contributed by atoms with Crippen LogP contribution in [0.3, 0.4) is 0 Å². The number of carbonyl (C=O) groups excluding carboxylic acids is 1. The number of nitrogens with two attached hydrogens (primary N) is 1. The number of rotatable bonds is 3. The van der Waals surface area contributed by atoms with Gasteiger partial charge in [0.15, 0.2) is 0 Å². The SMILES string of the molecule is CCc1nccn1C1CCCN(C(=O)C2(N)CCCC2)C1. The van der Waals surface area contributed by atoms with Gasteiger partial charge < -0.3 is 15.2 Å². The number of hydrogen-bond donors (Lipinski definition) is 1. The van der Waals surface area contributed by atoms with Gasteiger partial charge in [0.2, 0.25) is 5.91 Å². The fraction of sp³-hybridized carbons (Fsp3) is 0.750. The van der Waals surface area contributed by atoms with Crippen molar-refractivity contribution < 1.29 is 4.79 Å². The van der Waals surface area contributed by atoms with Crippen LogP contribution >= 0.6 is 0 Å². The summed E-state index contributed by atoms with van der Waals surface area (Å²) in [6.07, 6.45) is 10.9. The second-order valence-electron chi connectivity index (χ2n) is 6.51. The summed E-state index contributed by atoms with van der Waals surface area (Å²) < 4.78 is 2.25. The Bertz CT molecular complexity index is 504. The second-order valence-corrected chi connectivity index (χ2v) is 6.51. The molecule has 1 aliphatic heterocycles. The third-order valence-electron chi connectivity index (χ3n) is 5.06. The smallest absolute Gasteiger partial charge is 0.242 e. The highest BCUT2D eigenvalue weighted by Crippen LogP contribution is 2.31. The average molecular weight is 290 g/mol. The molecule has 1 aliphatic carbocycles. The Balaban J connectivity index is 1.72. The minimum atomic E-state index is -0.593. The number of carbonyl (C=O) groups is 1. The summed E-state index contributed by atoms with van der Waals surface area (Å²) in [7, 11) is 0. The molecule has 1 unspecified atom stereocenters. The zero-order chi connectivity index (χ0) is 14.9. The summed E-state index contributed by atoms with van der Waals surface area (Å²) in [5.74, 6) is 1.28.